The van der Waals surface area contributed by atoms with E-state index in [1.165, 1.54) is 7.11 Å². The van der Waals surface area contributed by atoms with E-state index >= 15 is 0 Å². The number of ether oxygens (including phenoxy) is 1. The molecule has 1 unspecified atom stereocenters. The Balaban J connectivity index is 2.87. The predicted octanol–water partition coefficient (Wildman–Crippen LogP) is 0.290. The summed E-state index contributed by atoms with van der Waals surface area (Å²) in [4.78, 5) is 11.0. The Hall–Kier alpha value is -0.660. The lowest BCUT2D eigenvalue weighted by molar-refractivity contribution is -0.140. The molecule has 1 atom stereocenters. The molecule has 1 saturated heterocycles. The largest absolute Gasteiger partial charge is 0.480 e. The number of rotatable bonds is 5. The number of methoxy groups -OCH3 is 1. The normalized spacial score (nSPS) is 22.9. The van der Waals surface area contributed by atoms with Gasteiger partial charge in [0, 0.05) is 13.7 Å². The average Bonchev–Trinajstić information content (AvgIpc) is 2.65. The van der Waals surface area contributed by atoms with Crippen LogP contribution in [-0.4, -0.2) is 54.8 Å². The topological polar surface area (TPSA) is 83.9 Å². The molecule has 17 heavy (non-hydrogen) atoms. The van der Waals surface area contributed by atoms with Crippen molar-refractivity contribution >= 4 is 16.0 Å². The van der Waals surface area contributed by atoms with Crippen molar-refractivity contribution in [3.8, 4) is 0 Å². The van der Waals surface area contributed by atoms with Gasteiger partial charge in [0.15, 0.2) is 0 Å². The van der Waals surface area contributed by atoms with Crippen LogP contribution >= 0.6 is 0 Å². The third-order valence-electron chi connectivity index (χ3n) is 2.93. The maximum Gasteiger partial charge on any atom is 0.322 e. The van der Waals surface area contributed by atoms with Crippen molar-refractivity contribution in [3.63, 3.8) is 0 Å². The molecule has 0 aromatic heterocycles. The predicted molar refractivity (Wildman–Crippen MR) is 62.2 cm³/mol. The fourth-order valence-electron chi connectivity index (χ4n) is 1.90. The van der Waals surface area contributed by atoms with E-state index in [0.717, 1.165) is 4.31 Å². The second-order valence-electron chi connectivity index (χ2n) is 4.83. The van der Waals surface area contributed by atoms with Gasteiger partial charge in [-0.05, 0) is 26.7 Å². The number of carboxylic acids is 1. The fourth-order valence-corrected chi connectivity index (χ4v) is 4.05. The summed E-state index contributed by atoms with van der Waals surface area (Å²) >= 11 is 0. The summed E-state index contributed by atoms with van der Waals surface area (Å²) in [5, 5.41) is 8.97. The van der Waals surface area contributed by atoms with E-state index in [2.05, 4.69) is 0 Å². The summed E-state index contributed by atoms with van der Waals surface area (Å²) in [5.74, 6) is -1.29. The zero-order valence-corrected chi connectivity index (χ0v) is 11.2. The van der Waals surface area contributed by atoms with Gasteiger partial charge < -0.3 is 9.84 Å². The lowest BCUT2D eigenvalue weighted by Crippen LogP contribution is -2.46. The Bertz CT molecular complexity index is 390. The molecule has 1 aliphatic heterocycles. The van der Waals surface area contributed by atoms with Crippen LogP contribution in [0.2, 0.25) is 0 Å². The smallest absolute Gasteiger partial charge is 0.322 e. The van der Waals surface area contributed by atoms with Gasteiger partial charge in [0.1, 0.15) is 6.04 Å². The van der Waals surface area contributed by atoms with Crippen molar-refractivity contribution in [2.75, 3.05) is 19.4 Å². The first-order chi connectivity index (χ1) is 7.69. The second kappa shape index (κ2) is 4.91. The molecule has 1 rings (SSSR count). The minimum atomic E-state index is -3.60. The van der Waals surface area contributed by atoms with Crippen LogP contribution in [0.5, 0.6) is 0 Å². The highest BCUT2D eigenvalue weighted by atomic mass is 32.2. The van der Waals surface area contributed by atoms with E-state index in [9.17, 15) is 13.2 Å². The molecule has 0 bridgehead atoms. The molecule has 1 heterocycles. The molecule has 100 valence electrons. The van der Waals surface area contributed by atoms with Crippen LogP contribution in [0.4, 0.5) is 0 Å². The second-order valence-corrected chi connectivity index (χ2v) is 6.75. The molecule has 1 aliphatic rings. The van der Waals surface area contributed by atoms with Gasteiger partial charge >= 0.3 is 5.97 Å². The van der Waals surface area contributed by atoms with Crippen molar-refractivity contribution in [2.45, 2.75) is 38.3 Å². The monoisotopic (exact) mass is 265 g/mol. The maximum absolute atomic E-state index is 12.1. The van der Waals surface area contributed by atoms with E-state index in [1.54, 1.807) is 13.8 Å². The number of nitrogens with zero attached hydrogens (tertiary/aromatic N) is 1. The zero-order valence-electron chi connectivity index (χ0n) is 10.3. The number of hydrogen-bond donors (Lipinski definition) is 1. The standard InChI is InChI=1S/C10H19NO5S/c1-10(2,16-3)7-17(14,15)11-6-4-5-8(11)9(12)13/h8H,4-7H2,1-3H3,(H,12,13). The van der Waals surface area contributed by atoms with Crippen LogP contribution in [-0.2, 0) is 19.6 Å². The highest BCUT2D eigenvalue weighted by molar-refractivity contribution is 7.89. The zero-order chi connectivity index (χ0) is 13.3. The highest BCUT2D eigenvalue weighted by Crippen LogP contribution is 2.24. The minimum Gasteiger partial charge on any atom is -0.480 e. The molecule has 1 N–H and O–H groups in total. The van der Waals surface area contributed by atoms with Gasteiger partial charge in [-0.3, -0.25) is 4.79 Å². The van der Waals surface area contributed by atoms with Gasteiger partial charge in [-0.1, -0.05) is 0 Å². The van der Waals surface area contributed by atoms with Gasteiger partial charge in [0.05, 0.1) is 11.4 Å². The molecule has 0 aliphatic carbocycles. The maximum atomic E-state index is 12.1. The average molecular weight is 265 g/mol. The number of sulfonamides is 1. The molecule has 6 nitrogen and oxygen atoms in total. The van der Waals surface area contributed by atoms with Crippen LogP contribution in [0.25, 0.3) is 0 Å². The summed E-state index contributed by atoms with van der Waals surface area (Å²) < 4.78 is 30.4. The molecule has 0 radical (unpaired) electrons. The summed E-state index contributed by atoms with van der Waals surface area (Å²) in [5.41, 5.74) is -0.815. The van der Waals surface area contributed by atoms with Crippen molar-refractivity contribution < 1.29 is 23.1 Å². The fraction of sp³-hybridized carbons (Fsp3) is 0.900. The van der Waals surface area contributed by atoms with E-state index in [1.807, 2.05) is 0 Å². The summed E-state index contributed by atoms with van der Waals surface area (Å²) in [6.07, 6.45) is 0.964. The van der Waals surface area contributed by atoms with Gasteiger partial charge in [0.2, 0.25) is 10.0 Å². The Morgan fingerprint density at radius 1 is 1.53 bits per heavy atom. The summed E-state index contributed by atoms with van der Waals surface area (Å²) in [6, 6.07) is -0.923. The Kier molecular flexibility index (Phi) is 4.16. The number of carboxylic acid groups (broad SMARTS) is 1. The van der Waals surface area contributed by atoms with E-state index in [4.69, 9.17) is 9.84 Å². The molecule has 7 heteroatoms. The quantitative estimate of drug-likeness (QED) is 0.772. The van der Waals surface area contributed by atoms with Crippen LogP contribution in [0.3, 0.4) is 0 Å². The lowest BCUT2D eigenvalue weighted by atomic mass is 10.2. The number of carbonyl (C=O) groups is 1. The Morgan fingerprint density at radius 3 is 2.59 bits per heavy atom. The first-order valence-corrected chi connectivity index (χ1v) is 7.08. The number of aliphatic carboxylic acids is 1. The van der Waals surface area contributed by atoms with Gasteiger partial charge in [-0.2, -0.15) is 4.31 Å². The molecular weight excluding hydrogens is 246 g/mol. The van der Waals surface area contributed by atoms with Gasteiger partial charge in [-0.25, -0.2) is 8.42 Å². The van der Waals surface area contributed by atoms with Gasteiger partial charge in [-0.15, -0.1) is 0 Å². The Labute approximate surface area is 102 Å². The van der Waals surface area contributed by atoms with E-state index in [-0.39, 0.29) is 12.3 Å². The molecular formula is C10H19NO5S. The van der Waals surface area contributed by atoms with Crippen molar-refractivity contribution in [2.24, 2.45) is 0 Å². The first kappa shape index (κ1) is 14.4. The van der Waals surface area contributed by atoms with Crippen molar-refractivity contribution in [1.29, 1.82) is 0 Å². The van der Waals surface area contributed by atoms with Gasteiger partial charge in [0.25, 0.3) is 0 Å². The third kappa shape index (κ3) is 3.40. The third-order valence-corrected chi connectivity index (χ3v) is 5.14. The van der Waals surface area contributed by atoms with Crippen LogP contribution in [0.1, 0.15) is 26.7 Å². The van der Waals surface area contributed by atoms with E-state index in [0.29, 0.717) is 12.8 Å². The van der Waals surface area contributed by atoms with Crippen LogP contribution in [0, 0.1) is 0 Å². The molecule has 0 aromatic carbocycles. The lowest BCUT2D eigenvalue weighted by Gasteiger charge is -2.27. The Morgan fingerprint density at radius 2 is 2.12 bits per heavy atom. The molecule has 1 fully saturated rings. The van der Waals surface area contributed by atoms with Crippen LogP contribution < -0.4 is 0 Å². The molecule has 0 spiro atoms. The molecule has 0 aromatic rings. The summed E-state index contributed by atoms with van der Waals surface area (Å²) in [7, 11) is -2.16. The van der Waals surface area contributed by atoms with E-state index < -0.39 is 27.6 Å². The minimum absolute atomic E-state index is 0.208. The molecule has 0 saturated carbocycles. The van der Waals surface area contributed by atoms with Crippen molar-refractivity contribution in [3.05, 3.63) is 0 Å². The number of hydrogen-bond acceptors (Lipinski definition) is 4. The molecule has 0 amide bonds. The SMILES string of the molecule is COC(C)(C)CS(=O)(=O)N1CCCC1C(=O)O. The van der Waals surface area contributed by atoms with Crippen LogP contribution in [0.15, 0.2) is 0 Å². The highest BCUT2D eigenvalue weighted by Gasteiger charge is 2.41. The summed E-state index contributed by atoms with van der Waals surface area (Å²) in [6.45, 7) is 3.60. The first-order valence-electron chi connectivity index (χ1n) is 5.47. The van der Waals surface area contributed by atoms with Crippen molar-refractivity contribution in [1.82, 2.24) is 4.31 Å².